The summed E-state index contributed by atoms with van der Waals surface area (Å²) in [5.74, 6) is -8.14. The van der Waals surface area contributed by atoms with Gasteiger partial charge in [0.05, 0.1) is 0 Å². The second-order valence-corrected chi connectivity index (χ2v) is 8.24. The lowest BCUT2D eigenvalue weighted by atomic mass is 10.4. The van der Waals surface area contributed by atoms with Gasteiger partial charge in [0.25, 0.3) is 0 Å². The van der Waals surface area contributed by atoms with Gasteiger partial charge in [0.2, 0.25) is 17.4 Å². The number of carbonyl (C=O) groups excluding carboxylic acids is 3. The number of carbonyl (C=O) groups is 3. The average Bonchev–Trinajstić information content (AvgIpc) is 2.50. The van der Waals surface area contributed by atoms with Gasteiger partial charge in [0.1, 0.15) is 0 Å². The molecule has 0 amide bonds. The Hall–Kier alpha value is -2.26. The number of hydrogen-bond donors (Lipinski definition) is 0. The van der Waals surface area contributed by atoms with Crippen LogP contribution in [-0.4, -0.2) is 35.3 Å². The Morgan fingerprint density at radius 3 is 1.00 bits per heavy atom. The molecule has 0 aliphatic heterocycles. The summed E-state index contributed by atoms with van der Waals surface area (Å²) in [6.07, 6.45) is 2.59. The zero-order valence-corrected chi connectivity index (χ0v) is 18.3. The molecule has 11 heteroatoms. The van der Waals surface area contributed by atoms with Crippen molar-refractivity contribution in [3.8, 4) is 0 Å². The SMILES string of the molecule is C=CC(=O)OC(C)(C)OP(=O)(OC(C)(C)OC(=O)C=C)OC(C)(C)OC(=O)C=C. The van der Waals surface area contributed by atoms with Crippen molar-refractivity contribution in [3.63, 3.8) is 0 Å². The highest BCUT2D eigenvalue weighted by molar-refractivity contribution is 7.48. The number of hydrogen-bond acceptors (Lipinski definition) is 10. The van der Waals surface area contributed by atoms with E-state index < -0.39 is 43.1 Å². The van der Waals surface area contributed by atoms with Gasteiger partial charge >= 0.3 is 25.7 Å². The number of esters is 3. The summed E-state index contributed by atoms with van der Waals surface area (Å²) >= 11 is 0. The highest BCUT2D eigenvalue weighted by atomic mass is 31.2. The van der Waals surface area contributed by atoms with Crippen LogP contribution < -0.4 is 0 Å². The molecule has 0 rings (SSSR count). The second kappa shape index (κ2) is 9.98. The van der Waals surface area contributed by atoms with Crippen LogP contribution in [0.15, 0.2) is 38.0 Å². The highest BCUT2D eigenvalue weighted by Gasteiger charge is 2.47. The summed E-state index contributed by atoms with van der Waals surface area (Å²) in [4.78, 5) is 34.5. The monoisotopic (exact) mass is 434 g/mol. The Kier molecular flexibility index (Phi) is 9.20. The number of phosphoric ester groups is 1. The molecule has 0 aliphatic rings. The van der Waals surface area contributed by atoms with E-state index in [1.165, 1.54) is 41.5 Å². The minimum absolute atomic E-state index is 0.864. The van der Waals surface area contributed by atoms with Crippen molar-refractivity contribution < 1.29 is 46.7 Å². The molecule has 0 atom stereocenters. The molecule has 0 radical (unpaired) electrons. The van der Waals surface area contributed by atoms with Crippen molar-refractivity contribution in [2.24, 2.45) is 0 Å². The van der Waals surface area contributed by atoms with Crippen LogP contribution >= 0.6 is 7.82 Å². The fourth-order valence-corrected chi connectivity index (χ4v) is 3.61. The Bertz CT molecular complexity index is 625. The molecule has 0 fully saturated rings. The van der Waals surface area contributed by atoms with Crippen LogP contribution in [0.3, 0.4) is 0 Å². The summed E-state index contributed by atoms with van der Waals surface area (Å²) in [5, 5.41) is 0. The minimum atomic E-state index is -4.72. The zero-order valence-electron chi connectivity index (χ0n) is 17.4. The molecule has 0 aromatic carbocycles. The maximum Gasteiger partial charge on any atom is 0.484 e. The lowest BCUT2D eigenvalue weighted by Gasteiger charge is -2.36. The second-order valence-electron chi connectivity index (χ2n) is 6.80. The van der Waals surface area contributed by atoms with E-state index in [2.05, 4.69) is 19.7 Å². The molecule has 0 heterocycles. The van der Waals surface area contributed by atoms with Crippen LogP contribution in [0.25, 0.3) is 0 Å². The van der Waals surface area contributed by atoms with Crippen LogP contribution in [0, 0.1) is 0 Å². The van der Waals surface area contributed by atoms with E-state index in [9.17, 15) is 18.9 Å². The van der Waals surface area contributed by atoms with Crippen molar-refractivity contribution in [2.75, 3.05) is 0 Å². The van der Waals surface area contributed by atoms with Gasteiger partial charge in [0, 0.05) is 59.8 Å². The molecule has 0 saturated heterocycles. The number of phosphoric acid groups is 1. The molecule has 0 unspecified atom stereocenters. The Balaban J connectivity index is 5.86. The van der Waals surface area contributed by atoms with Crippen LogP contribution in [0.4, 0.5) is 0 Å². The fourth-order valence-electron chi connectivity index (χ4n) is 1.77. The van der Waals surface area contributed by atoms with Gasteiger partial charge in [0.15, 0.2) is 0 Å². The Morgan fingerprint density at radius 2 is 0.828 bits per heavy atom. The summed E-state index contributed by atoms with van der Waals surface area (Å²) in [6.45, 7) is 17.2. The standard InChI is InChI=1S/C18H27O10P/c1-10-13(19)23-16(4,5)26-29(22,27-17(6,7)24-14(20)11-2)28-18(8,9)25-15(21)12-3/h10-12H,1-3H2,4-9H3. The van der Waals surface area contributed by atoms with E-state index >= 15 is 0 Å². The summed E-state index contributed by atoms with van der Waals surface area (Å²) in [7, 11) is -4.72. The normalized spacial score (nSPS) is 12.5. The van der Waals surface area contributed by atoms with Gasteiger partial charge in [-0.05, 0) is 0 Å². The fraction of sp³-hybridized carbons (Fsp3) is 0.500. The molecule has 0 bridgehead atoms. The van der Waals surface area contributed by atoms with Gasteiger partial charge in [-0.2, -0.15) is 0 Å². The molecule has 0 aliphatic carbocycles. The van der Waals surface area contributed by atoms with Crippen molar-refractivity contribution in [2.45, 2.75) is 58.9 Å². The first kappa shape index (κ1) is 26.7. The molecule has 0 spiro atoms. The van der Waals surface area contributed by atoms with Crippen LogP contribution in [0.5, 0.6) is 0 Å². The predicted molar refractivity (Wildman–Crippen MR) is 102 cm³/mol. The Labute approximate surface area is 170 Å². The van der Waals surface area contributed by atoms with Gasteiger partial charge < -0.3 is 14.2 Å². The molecule has 0 saturated carbocycles. The minimum Gasteiger partial charge on any atom is -0.430 e. The van der Waals surface area contributed by atoms with Crippen LogP contribution in [0.2, 0.25) is 0 Å². The first-order valence-corrected chi connectivity index (χ1v) is 9.73. The van der Waals surface area contributed by atoms with Gasteiger partial charge in [-0.1, -0.05) is 19.7 Å². The third-order valence-electron chi connectivity index (χ3n) is 2.53. The van der Waals surface area contributed by atoms with Crippen molar-refractivity contribution in [1.29, 1.82) is 0 Å². The smallest absolute Gasteiger partial charge is 0.430 e. The van der Waals surface area contributed by atoms with E-state index in [1.807, 2.05) is 0 Å². The summed E-state index contributed by atoms with van der Waals surface area (Å²) in [6, 6.07) is 0. The van der Waals surface area contributed by atoms with Gasteiger partial charge in [-0.25, -0.2) is 32.5 Å². The lowest BCUT2D eigenvalue weighted by Crippen LogP contribution is -2.38. The topological polar surface area (TPSA) is 124 Å². The molecule has 29 heavy (non-hydrogen) atoms. The van der Waals surface area contributed by atoms with Crippen LogP contribution in [0.1, 0.15) is 41.5 Å². The van der Waals surface area contributed by atoms with E-state index in [0.717, 1.165) is 18.2 Å². The van der Waals surface area contributed by atoms with Crippen molar-refractivity contribution >= 4 is 25.7 Å². The highest BCUT2D eigenvalue weighted by Crippen LogP contribution is 2.58. The molecule has 0 aromatic heterocycles. The maximum atomic E-state index is 13.4. The molecular formula is C18H27O10P. The number of ether oxygens (including phenoxy) is 3. The third kappa shape index (κ3) is 10.7. The quantitative estimate of drug-likeness (QED) is 0.148. The molecule has 0 N–H and O–H groups in total. The lowest BCUT2D eigenvalue weighted by molar-refractivity contribution is -0.221. The summed E-state index contributed by atoms with van der Waals surface area (Å²) < 4.78 is 44.1. The largest absolute Gasteiger partial charge is 0.484 e. The average molecular weight is 434 g/mol. The number of rotatable bonds is 12. The van der Waals surface area contributed by atoms with E-state index in [0.29, 0.717) is 0 Å². The van der Waals surface area contributed by atoms with Gasteiger partial charge in [-0.15, -0.1) is 0 Å². The van der Waals surface area contributed by atoms with E-state index in [-0.39, 0.29) is 0 Å². The van der Waals surface area contributed by atoms with E-state index in [4.69, 9.17) is 27.8 Å². The molecule has 0 aromatic rings. The summed E-state index contributed by atoms with van der Waals surface area (Å²) in [5.41, 5.74) is 0. The van der Waals surface area contributed by atoms with Gasteiger partial charge in [-0.3, -0.25) is 0 Å². The maximum absolute atomic E-state index is 13.4. The van der Waals surface area contributed by atoms with Crippen molar-refractivity contribution in [3.05, 3.63) is 38.0 Å². The predicted octanol–water partition coefficient (Wildman–Crippen LogP) is 3.54. The molecular weight excluding hydrogens is 407 g/mol. The van der Waals surface area contributed by atoms with Crippen LogP contribution in [-0.2, 0) is 46.7 Å². The van der Waals surface area contributed by atoms with Crippen molar-refractivity contribution in [1.82, 2.24) is 0 Å². The zero-order chi connectivity index (χ0) is 23.1. The Morgan fingerprint density at radius 1 is 0.621 bits per heavy atom. The van der Waals surface area contributed by atoms with E-state index in [1.54, 1.807) is 0 Å². The first-order valence-electron chi connectivity index (χ1n) is 8.27. The molecule has 10 nitrogen and oxygen atoms in total. The molecule has 164 valence electrons. The third-order valence-corrected chi connectivity index (χ3v) is 4.52. The first-order chi connectivity index (χ1) is 13.0.